The molecule has 1 aliphatic heterocycles. The van der Waals surface area contributed by atoms with Gasteiger partial charge in [0.1, 0.15) is 0 Å². The molecule has 0 aromatic heterocycles. The molecule has 0 aliphatic carbocycles. The third-order valence-corrected chi connectivity index (χ3v) is 3.57. The van der Waals surface area contributed by atoms with Crippen LogP contribution in [0.2, 0.25) is 5.02 Å². The average Bonchev–Trinajstić information content (AvgIpc) is 2.81. The number of carbonyl (C=O) groups is 1. The Morgan fingerprint density at radius 3 is 2.95 bits per heavy atom. The predicted octanol–water partition coefficient (Wildman–Crippen LogP) is 2.21. The second kappa shape index (κ2) is 6.37. The number of nitrogens with one attached hydrogen (secondary N) is 2. The fourth-order valence-corrected chi connectivity index (χ4v) is 2.50. The lowest BCUT2D eigenvalue weighted by Gasteiger charge is -2.18. The van der Waals surface area contributed by atoms with Crippen LogP contribution in [0, 0.1) is 12.8 Å². The molecule has 1 saturated heterocycles. The third kappa shape index (κ3) is 3.47. The summed E-state index contributed by atoms with van der Waals surface area (Å²) in [5.74, 6) is -0.149. The maximum Gasteiger partial charge on any atom is 0.231 e. The van der Waals surface area contributed by atoms with Crippen molar-refractivity contribution in [1.82, 2.24) is 5.32 Å². The van der Waals surface area contributed by atoms with Crippen LogP contribution in [0.4, 0.5) is 5.69 Å². The van der Waals surface area contributed by atoms with Gasteiger partial charge in [-0.05, 0) is 37.2 Å². The number of benzene rings is 1. The molecule has 0 radical (unpaired) electrons. The monoisotopic (exact) mass is 282 g/mol. The van der Waals surface area contributed by atoms with Crippen LogP contribution in [0.3, 0.4) is 0 Å². The first-order valence-electron chi connectivity index (χ1n) is 6.50. The molecule has 4 nitrogen and oxygen atoms in total. The topological polar surface area (TPSA) is 50.4 Å². The van der Waals surface area contributed by atoms with Crippen molar-refractivity contribution in [1.29, 1.82) is 0 Å². The quantitative estimate of drug-likeness (QED) is 0.890. The maximum atomic E-state index is 12.3. The van der Waals surface area contributed by atoms with Gasteiger partial charge in [-0.25, -0.2) is 0 Å². The normalized spacial score (nSPS) is 22.5. The minimum Gasteiger partial charge on any atom is -0.379 e. The standard InChI is InChI=1S/C14H19ClN2O2/c1-3-16-13-8-19-7-11(13)14(18)17-12-5-4-10(15)6-9(12)2/h4-6,11,13,16H,3,7-8H2,1-2H3,(H,17,18). The number of aryl methyl sites for hydroxylation is 1. The van der Waals surface area contributed by atoms with E-state index in [1.165, 1.54) is 0 Å². The minimum absolute atomic E-state index is 0.00567. The molecule has 1 aromatic carbocycles. The van der Waals surface area contributed by atoms with Gasteiger partial charge in [0.25, 0.3) is 0 Å². The highest BCUT2D eigenvalue weighted by atomic mass is 35.5. The number of hydrogen-bond donors (Lipinski definition) is 2. The molecular formula is C14H19ClN2O2. The number of rotatable bonds is 4. The first-order valence-corrected chi connectivity index (χ1v) is 6.87. The van der Waals surface area contributed by atoms with Gasteiger partial charge >= 0.3 is 0 Å². The number of carbonyl (C=O) groups excluding carboxylic acids is 1. The largest absolute Gasteiger partial charge is 0.379 e. The van der Waals surface area contributed by atoms with Gasteiger partial charge in [0, 0.05) is 16.8 Å². The van der Waals surface area contributed by atoms with Gasteiger partial charge in [-0.1, -0.05) is 18.5 Å². The first kappa shape index (κ1) is 14.3. The van der Waals surface area contributed by atoms with E-state index < -0.39 is 0 Å². The van der Waals surface area contributed by atoms with Gasteiger partial charge < -0.3 is 15.4 Å². The van der Waals surface area contributed by atoms with Crippen molar-refractivity contribution in [3.05, 3.63) is 28.8 Å². The Kier molecular flexibility index (Phi) is 4.80. The van der Waals surface area contributed by atoms with E-state index in [9.17, 15) is 4.79 Å². The molecule has 1 aliphatic rings. The van der Waals surface area contributed by atoms with Crippen molar-refractivity contribution in [3.8, 4) is 0 Å². The summed E-state index contributed by atoms with van der Waals surface area (Å²) in [6, 6.07) is 5.53. The second-order valence-electron chi connectivity index (χ2n) is 4.76. The van der Waals surface area contributed by atoms with E-state index in [0.29, 0.717) is 18.2 Å². The highest BCUT2D eigenvalue weighted by Crippen LogP contribution is 2.22. The van der Waals surface area contributed by atoms with Crippen LogP contribution >= 0.6 is 11.6 Å². The summed E-state index contributed by atoms with van der Waals surface area (Å²) in [5.41, 5.74) is 1.76. The van der Waals surface area contributed by atoms with E-state index in [0.717, 1.165) is 17.8 Å². The zero-order chi connectivity index (χ0) is 13.8. The Balaban J connectivity index is 2.04. The number of hydrogen-bond acceptors (Lipinski definition) is 3. The van der Waals surface area contributed by atoms with Crippen LogP contribution in [0.25, 0.3) is 0 Å². The highest BCUT2D eigenvalue weighted by molar-refractivity contribution is 6.30. The fourth-order valence-electron chi connectivity index (χ4n) is 2.27. The fraction of sp³-hybridized carbons (Fsp3) is 0.500. The van der Waals surface area contributed by atoms with Crippen molar-refractivity contribution in [2.24, 2.45) is 5.92 Å². The summed E-state index contributed by atoms with van der Waals surface area (Å²) in [7, 11) is 0. The second-order valence-corrected chi connectivity index (χ2v) is 5.19. The van der Waals surface area contributed by atoms with Crippen LogP contribution in [0.15, 0.2) is 18.2 Å². The van der Waals surface area contributed by atoms with Gasteiger partial charge in [-0.2, -0.15) is 0 Å². The smallest absolute Gasteiger partial charge is 0.231 e. The van der Waals surface area contributed by atoms with E-state index in [1.807, 2.05) is 26.0 Å². The van der Waals surface area contributed by atoms with Crippen molar-refractivity contribution in [2.75, 3.05) is 25.1 Å². The lowest BCUT2D eigenvalue weighted by molar-refractivity contribution is -0.120. The molecule has 2 unspecified atom stereocenters. The van der Waals surface area contributed by atoms with E-state index >= 15 is 0 Å². The summed E-state index contributed by atoms with van der Waals surface area (Å²) >= 11 is 5.90. The van der Waals surface area contributed by atoms with Gasteiger partial charge in [-0.15, -0.1) is 0 Å². The Bertz CT molecular complexity index is 465. The molecule has 1 amide bonds. The zero-order valence-electron chi connectivity index (χ0n) is 11.2. The van der Waals surface area contributed by atoms with Crippen molar-refractivity contribution in [2.45, 2.75) is 19.9 Å². The van der Waals surface area contributed by atoms with Gasteiger partial charge in [-0.3, -0.25) is 4.79 Å². The molecular weight excluding hydrogens is 264 g/mol. The molecule has 2 rings (SSSR count). The number of anilines is 1. The summed E-state index contributed by atoms with van der Waals surface area (Å²) in [6.45, 7) is 5.84. The van der Waals surface area contributed by atoms with Crippen LogP contribution in [0.5, 0.6) is 0 Å². The molecule has 19 heavy (non-hydrogen) atoms. The summed E-state index contributed by atoms with van der Waals surface area (Å²) in [4.78, 5) is 12.3. The van der Waals surface area contributed by atoms with Crippen LogP contribution in [0.1, 0.15) is 12.5 Å². The number of halogens is 1. The van der Waals surface area contributed by atoms with Crippen LogP contribution < -0.4 is 10.6 Å². The Hall–Kier alpha value is -1.10. The number of amides is 1. The first-order chi connectivity index (χ1) is 9.11. The lowest BCUT2D eigenvalue weighted by Crippen LogP contribution is -2.41. The minimum atomic E-state index is -0.143. The third-order valence-electron chi connectivity index (χ3n) is 3.33. The highest BCUT2D eigenvalue weighted by Gasteiger charge is 2.33. The molecule has 1 aromatic rings. The van der Waals surface area contributed by atoms with Gasteiger partial charge in [0.2, 0.25) is 5.91 Å². The molecule has 1 fully saturated rings. The summed E-state index contributed by atoms with van der Waals surface area (Å²) < 4.78 is 5.39. The molecule has 104 valence electrons. The molecule has 2 atom stereocenters. The van der Waals surface area contributed by atoms with Crippen molar-refractivity contribution >= 4 is 23.2 Å². The summed E-state index contributed by atoms with van der Waals surface area (Å²) in [5, 5.41) is 6.90. The molecule has 0 bridgehead atoms. The van der Waals surface area contributed by atoms with Crippen LogP contribution in [-0.4, -0.2) is 31.7 Å². The SMILES string of the molecule is CCNC1COCC1C(=O)Nc1ccc(Cl)cc1C. The Labute approximate surface area is 118 Å². The average molecular weight is 283 g/mol. The van der Waals surface area contributed by atoms with E-state index in [2.05, 4.69) is 10.6 Å². The molecule has 1 heterocycles. The van der Waals surface area contributed by atoms with Crippen molar-refractivity contribution in [3.63, 3.8) is 0 Å². The molecule has 0 spiro atoms. The number of ether oxygens (including phenoxy) is 1. The Morgan fingerprint density at radius 1 is 1.47 bits per heavy atom. The van der Waals surface area contributed by atoms with Gasteiger partial charge in [0.15, 0.2) is 0 Å². The Morgan fingerprint density at radius 2 is 2.26 bits per heavy atom. The molecule has 5 heteroatoms. The lowest BCUT2D eigenvalue weighted by atomic mass is 10.0. The zero-order valence-corrected chi connectivity index (χ0v) is 12.0. The van der Waals surface area contributed by atoms with Crippen LogP contribution in [-0.2, 0) is 9.53 Å². The maximum absolute atomic E-state index is 12.3. The number of likely N-dealkylation sites (N-methyl/N-ethyl adjacent to an activating group) is 1. The molecule has 0 saturated carbocycles. The predicted molar refractivity (Wildman–Crippen MR) is 76.6 cm³/mol. The van der Waals surface area contributed by atoms with E-state index in [1.54, 1.807) is 6.07 Å². The van der Waals surface area contributed by atoms with Gasteiger partial charge in [0.05, 0.1) is 19.1 Å². The van der Waals surface area contributed by atoms with Crippen molar-refractivity contribution < 1.29 is 9.53 Å². The molecule has 2 N–H and O–H groups in total. The summed E-state index contributed by atoms with van der Waals surface area (Å²) in [6.07, 6.45) is 0. The van der Waals surface area contributed by atoms with E-state index in [-0.39, 0.29) is 17.9 Å². The van der Waals surface area contributed by atoms with E-state index in [4.69, 9.17) is 16.3 Å².